The maximum Gasteiger partial charge on any atom is 0.266 e. The number of ether oxygens (including phenoxy) is 1. The zero-order valence-corrected chi connectivity index (χ0v) is 13.4. The highest BCUT2D eigenvalue weighted by molar-refractivity contribution is 7.90. The van der Waals surface area contributed by atoms with Gasteiger partial charge in [0.2, 0.25) is 5.96 Å². The third-order valence-corrected chi connectivity index (χ3v) is 5.48. The van der Waals surface area contributed by atoms with Crippen molar-refractivity contribution in [3.8, 4) is 5.75 Å². The average Bonchev–Trinajstić information content (AvgIpc) is 2.75. The van der Waals surface area contributed by atoms with E-state index in [0.29, 0.717) is 17.4 Å². The van der Waals surface area contributed by atoms with Crippen molar-refractivity contribution in [3.05, 3.63) is 18.2 Å². The van der Waals surface area contributed by atoms with Crippen LogP contribution in [0.15, 0.2) is 28.1 Å². The number of sulfonamides is 1. The zero-order valence-electron chi connectivity index (χ0n) is 12.6. The smallest absolute Gasteiger partial charge is 0.266 e. The highest BCUT2D eigenvalue weighted by atomic mass is 32.2. The lowest BCUT2D eigenvalue weighted by molar-refractivity contribution is 0.413. The number of nitrogens with one attached hydrogen (secondary N) is 2. The molecule has 1 heterocycles. The summed E-state index contributed by atoms with van der Waals surface area (Å²) in [7, 11) is -2.10. The minimum absolute atomic E-state index is 0.187. The first-order chi connectivity index (χ1) is 10.6. The van der Waals surface area contributed by atoms with Gasteiger partial charge < -0.3 is 10.1 Å². The SMILES string of the molecule is COc1ccc2c(c1)S(=O)(=O)NC(=NC1CCCCCC1)N2. The molecular weight excluding hydrogens is 302 g/mol. The highest BCUT2D eigenvalue weighted by Crippen LogP contribution is 2.29. The van der Waals surface area contributed by atoms with Gasteiger partial charge in [-0.3, -0.25) is 0 Å². The number of hydrogen-bond donors (Lipinski definition) is 2. The second kappa shape index (κ2) is 6.16. The Morgan fingerprint density at radius 2 is 1.91 bits per heavy atom. The third-order valence-electron chi connectivity index (χ3n) is 4.10. The molecule has 0 saturated heterocycles. The number of hydrogen-bond acceptors (Lipinski definition) is 4. The standard InChI is InChI=1S/C15H21N3O3S/c1-21-12-8-9-13-14(10-12)22(19,20)18-15(17-13)16-11-6-4-2-3-5-7-11/h8-11H,2-7H2,1H3,(H2,16,17,18). The molecule has 1 aliphatic carbocycles. The van der Waals surface area contributed by atoms with Gasteiger partial charge in [0.05, 0.1) is 18.8 Å². The molecule has 2 aliphatic rings. The molecule has 0 aromatic heterocycles. The predicted molar refractivity (Wildman–Crippen MR) is 85.9 cm³/mol. The van der Waals surface area contributed by atoms with Crippen LogP contribution in [0.2, 0.25) is 0 Å². The van der Waals surface area contributed by atoms with E-state index in [2.05, 4.69) is 15.0 Å². The second-order valence-corrected chi connectivity index (χ2v) is 7.37. The molecule has 6 nitrogen and oxygen atoms in total. The number of guanidine groups is 1. The van der Waals surface area contributed by atoms with Crippen LogP contribution in [0.1, 0.15) is 38.5 Å². The van der Waals surface area contributed by atoms with Crippen molar-refractivity contribution in [1.82, 2.24) is 4.72 Å². The first-order valence-corrected chi connectivity index (χ1v) is 9.12. The normalized spacial score (nSPS) is 23.0. The van der Waals surface area contributed by atoms with Gasteiger partial charge in [-0.2, -0.15) is 0 Å². The Morgan fingerprint density at radius 1 is 1.18 bits per heavy atom. The molecule has 0 radical (unpaired) electrons. The summed E-state index contributed by atoms with van der Waals surface area (Å²) in [6.07, 6.45) is 6.82. The second-order valence-electron chi connectivity index (χ2n) is 5.72. The number of rotatable bonds is 2. The summed E-state index contributed by atoms with van der Waals surface area (Å²) in [5.41, 5.74) is 0.534. The number of anilines is 1. The Morgan fingerprint density at radius 3 is 2.59 bits per heavy atom. The molecule has 0 bridgehead atoms. The topological polar surface area (TPSA) is 79.8 Å². The molecule has 0 unspecified atom stereocenters. The van der Waals surface area contributed by atoms with Gasteiger partial charge in [0.1, 0.15) is 10.6 Å². The van der Waals surface area contributed by atoms with E-state index in [1.165, 1.54) is 26.0 Å². The quantitative estimate of drug-likeness (QED) is 0.820. The van der Waals surface area contributed by atoms with Crippen LogP contribution in [0.4, 0.5) is 5.69 Å². The van der Waals surface area contributed by atoms with Crippen LogP contribution in [-0.4, -0.2) is 27.5 Å². The van der Waals surface area contributed by atoms with E-state index in [-0.39, 0.29) is 10.9 Å². The Balaban J connectivity index is 1.88. The van der Waals surface area contributed by atoms with Crippen molar-refractivity contribution in [2.75, 3.05) is 12.4 Å². The molecule has 1 aromatic carbocycles. The molecular formula is C15H21N3O3S. The fourth-order valence-electron chi connectivity index (χ4n) is 2.92. The van der Waals surface area contributed by atoms with Crippen LogP contribution in [0.5, 0.6) is 5.75 Å². The van der Waals surface area contributed by atoms with E-state index in [1.54, 1.807) is 12.1 Å². The average molecular weight is 323 g/mol. The van der Waals surface area contributed by atoms with Crippen LogP contribution in [-0.2, 0) is 10.0 Å². The van der Waals surface area contributed by atoms with Crippen LogP contribution in [0, 0.1) is 0 Å². The summed E-state index contributed by atoms with van der Waals surface area (Å²) >= 11 is 0. The summed E-state index contributed by atoms with van der Waals surface area (Å²) < 4.78 is 32.4. The molecule has 120 valence electrons. The van der Waals surface area contributed by atoms with Gasteiger partial charge in [-0.15, -0.1) is 0 Å². The van der Waals surface area contributed by atoms with Gasteiger partial charge in [0.15, 0.2) is 0 Å². The molecule has 1 saturated carbocycles. The van der Waals surface area contributed by atoms with E-state index in [9.17, 15) is 8.42 Å². The molecule has 22 heavy (non-hydrogen) atoms. The largest absolute Gasteiger partial charge is 0.497 e. The molecule has 0 atom stereocenters. The van der Waals surface area contributed by atoms with E-state index in [1.807, 2.05) is 0 Å². The van der Waals surface area contributed by atoms with E-state index >= 15 is 0 Å². The molecule has 7 heteroatoms. The summed E-state index contributed by atoms with van der Waals surface area (Å²) in [4.78, 5) is 4.76. The van der Waals surface area contributed by atoms with Crippen LogP contribution >= 0.6 is 0 Å². The zero-order chi connectivity index (χ0) is 15.6. The Labute approximate surface area is 131 Å². The lowest BCUT2D eigenvalue weighted by atomic mass is 10.1. The maximum atomic E-state index is 12.4. The van der Waals surface area contributed by atoms with Gasteiger partial charge in [-0.05, 0) is 25.0 Å². The number of methoxy groups -OCH3 is 1. The van der Waals surface area contributed by atoms with Crippen molar-refractivity contribution in [2.45, 2.75) is 49.5 Å². The van der Waals surface area contributed by atoms with Gasteiger partial charge in [0, 0.05) is 6.07 Å². The van der Waals surface area contributed by atoms with Crippen molar-refractivity contribution in [2.24, 2.45) is 4.99 Å². The number of nitrogens with zero attached hydrogens (tertiary/aromatic N) is 1. The summed E-state index contributed by atoms with van der Waals surface area (Å²) in [5.74, 6) is 0.833. The third kappa shape index (κ3) is 3.19. The Hall–Kier alpha value is -1.76. The molecule has 1 aliphatic heterocycles. The summed E-state index contributed by atoms with van der Waals surface area (Å²) in [6, 6.07) is 5.13. The van der Waals surface area contributed by atoms with E-state index in [0.717, 1.165) is 25.7 Å². The fraction of sp³-hybridized carbons (Fsp3) is 0.533. The van der Waals surface area contributed by atoms with Crippen LogP contribution in [0.25, 0.3) is 0 Å². The van der Waals surface area contributed by atoms with E-state index < -0.39 is 10.0 Å². The van der Waals surface area contributed by atoms with Crippen molar-refractivity contribution in [1.29, 1.82) is 0 Å². The lowest BCUT2D eigenvalue weighted by Crippen LogP contribution is -2.41. The van der Waals surface area contributed by atoms with Gasteiger partial charge >= 0.3 is 0 Å². The summed E-state index contributed by atoms with van der Waals surface area (Å²) in [5, 5.41) is 3.08. The molecule has 0 amide bonds. The van der Waals surface area contributed by atoms with Crippen LogP contribution < -0.4 is 14.8 Å². The molecule has 1 fully saturated rings. The van der Waals surface area contributed by atoms with E-state index in [4.69, 9.17) is 4.74 Å². The highest BCUT2D eigenvalue weighted by Gasteiger charge is 2.27. The van der Waals surface area contributed by atoms with Crippen molar-refractivity contribution >= 4 is 21.7 Å². The lowest BCUT2D eigenvalue weighted by Gasteiger charge is -2.23. The molecule has 3 rings (SSSR count). The first-order valence-electron chi connectivity index (χ1n) is 7.64. The van der Waals surface area contributed by atoms with Crippen molar-refractivity contribution in [3.63, 3.8) is 0 Å². The van der Waals surface area contributed by atoms with Gasteiger partial charge in [0.25, 0.3) is 10.0 Å². The Kier molecular flexibility index (Phi) is 4.24. The first kappa shape index (κ1) is 15.1. The minimum Gasteiger partial charge on any atom is -0.497 e. The molecule has 0 spiro atoms. The fourth-order valence-corrected chi connectivity index (χ4v) is 4.07. The predicted octanol–water partition coefficient (Wildman–Crippen LogP) is 2.48. The maximum absolute atomic E-state index is 12.4. The number of aliphatic imine (C=N–C) groups is 1. The molecule has 1 aromatic rings. The van der Waals surface area contributed by atoms with Gasteiger partial charge in [-0.25, -0.2) is 18.1 Å². The number of fused-ring (bicyclic) bond motifs is 1. The molecule has 2 N–H and O–H groups in total. The van der Waals surface area contributed by atoms with Crippen LogP contribution in [0.3, 0.4) is 0 Å². The van der Waals surface area contributed by atoms with Crippen molar-refractivity contribution < 1.29 is 13.2 Å². The summed E-state index contributed by atoms with van der Waals surface area (Å²) in [6.45, 7) is 0. The monoisotopic (exact) mass is 323 g/mol. The Bertz CT molecular complexity index is 677. The van der Waals surface area contributed by atoms with Gasteiger partial charge in [-0.1, -0.05) is 25.7 Å². The minimum atomic E-state index is -3.61. The number of benzene rings is 1.